The number of aryl methyl sites for hydroxylation is 1. The van der Waals surface area contributed by atoms with Gasteiger partial charge in [0.1, 0.15) is 29.6 Å². The average Bonchev–Trinajstić information content (AvgIpc) is 3.62. The second-order valence-corrected chi connectivity index (χ2v) is 9.79. The normalized spacial score (nSPS) is 14.2. The van der Waals surface area contributed by atoms with E-state index in [0.717, 1.165) is 42.3 Å². The molecule has 0 unspecified atom stereocenters. The molecule has 39 heavy (non-hydrogen) atoms. The average molecular weight is 528 g/mol. The molecule has 0 bridgehead atoms. The van der Waals surface area contributed by atoms with Crippen LogP contribution < -0.4 is 19.7 Å². The van der Waals surface area contributed by atoms with E-state index in [1.807, 2.05) is 55.5 Å². The Morgan fingerprint density at radius 3 is 2.51 bits per heavy atom. The third-order valence-electron chi connectivity index (χ3n) is 7.31. The quantitative estimate of drug-likeness (QED) is 0.342. The van der Waals surface area contributed by atoms with Crippen LogP contribution in [0.1, 0.15) is 42.9 Å². The number of ether oxygens (including phenoxy) is 2. The van der Waals surface area contributed by atoms with Crippen molar-refractivity contribution in [3.05, 3.63) is 77.9 Å². The number of hydrogen-bond donors (Lipinski definition) is 1. The van der Waals surface area contributed by atoms with Gasteiger partial charge < -0.3 is 14.8 Å². The highest BCUT2D eigenvalue weighted by Crippen LogP contribution is 2.38. The van der Waals surface area contributed by atoms with E-state index < -0.39 is 6.04 Å². The van der Waals surface area contributed by atoms with Gasteiger partial charge in [0.05, 0.1) is 25.4 Å². The number of nitrogens with zero attached hydrogens (tertiary/aromatic N) is 4. The summed E-state index contributed by atoms with van der Waals surface area (Å²) in [6, 6.07) is 19.5. The molecule has 1 saturated carbocycles. The molecule has 0 aliphatic heterocycles. The van der Waals surface area contributed by atoms with Crippen molar-refractivity contribution in [2.75, 3.05) is 19.1 Å². The second kappa shape index (κ2) is 11.6. The SMILES string of the molecule is COc1ccc(N(C(=O)Cn2nnc3ccccc32)[C@@H](C(=O)NC2CCCC2)c2ccccc2C)c(OC)c1. The third kappa shape index (κ3) is 5.43. The zero-order chi connectivity index (χ0) is 27.4. The molecule has 1 aromatic heterocycles. The maximum Gasteiger partial charge on any atom is 0.249 e. The van der Waals surface area contributed by atoms with E-state index in [1.54, 1.807) is 30.0 Å². The molecule has 4 aromatic rings. The first-order valence-corrected chi connectivity index (χ1v) is 13.2. The van der Waals surface area contributed by atoms with Crippen molar-refractivity contribution in [3.8, 4) is 11.5 Å². The van der Waals surface area contributed by atoms with Crippen molar-refractivity contribution in [2.24, 2.45) is 0 Å². The molecular formula is C30H33N5O4. The summed E-state index contributed by atoms with van der Waals surface area (Å²) in [7, 11) is 3.10. The molecule has 5 rings (SSSR count). The molecule has 9 nitrogen and oxygen atoms in total. The molecule has 9 heteroatoms. The van der Waals surface area contributed by atoms with E-state index in [9.17, 15) is 9.59 Å². The Labute approximate surface area is 227 Å². The van der Waals surface area contributed by atoms with Crippen LogP contribution in [-0.2, 0) is 16.1 Å². The minimum atomic E-state index is -0.934. The first-order valence-electron chi connectivity index (χ1n) is 13.2. The molecule has 1 aliphatic carbocycles. The number of nitrogens with one attached hydrogen (secondary N) is 1. The number of amides is 2. The lowest BCUT2D eigenvalue weighted by Crippen LogP contribution is -2.47. The molecular weight excluding hydrogens is 494 g/mol. The molecule has 1 heterocycles. The van der Waals surface area contributed by atoms with Gasteiger partial charge in [-0.05, 0) is 55.2 Å². The van der Waals surface area contributed by atoms with Gasteiger partial charge in [-0.25, -0.2) is 4.68 Å². The third-order valence-corrected chi connectivity index (χ3v) is 7.31. The first kappa shape index (κ1) is 26.2. The largest absolute Gasteiger partial charge is 0.497 e. The number of rotatable bonds is 9. The first-order chi connectivity index (χ1) is 19.0. The Balaban J connectivity index is 1.64. The van der Waals surface area contributed by atoms with Gasteiger partial charge in [0.25, 0.3) is 0 Å². The van der Waals surface area contributed by atoms with Gasteiger partial charge in [-0.2, -0.15) is 0 Å². The van der Waals surface area contributed by atoms with E-state index in [-0.39, 0.29) is 24.4 Å². The second-order valence-electron chi connectivity index (χ2n) is 9.79. The highest BCUT2D eigenvalue weighted by Gasteiger charge is 2.37. The molecule has 0 saturated heterocycles. The number of anilines is 1. The van der Waals surface area contributed by atoms with Crippen LogP contribution in [0.4, 0.5) is 5.69 Å². The fraction of sp³-hybridized carbons (Fsp3) is 0.333. The van der Waals surface area contributed by atoms with Gasteiger partial charge in [-0.3, -0.25) is 14.5 Å². The van der Waals surface area contributed by atoms with Crippen LogP contribution in [0.2, 0.25) is 0 Å². The molecule has 2 amide bonds. The summed E-state index contributed by atoms with van der Waals surface area (Å²) in [6.07, 6.45) is 4.01. The maximum atomic E-state index is 14.3. The van der Waals surface area contributed by atoms with E-state index >= 15 is 0 Å². The predicted molar refractivity (Wildman–Crippen MR) is 149 cm³/mol. The van der Waals surface area contributed by atoms with E-state index in [1.165, 1.54) is 12.0 Å². The van der Waals surface area contributed by atoms with Gasteiger partial charge >= 0.3 is 0 Å². The Kier molecular flexibility index (Phi) is 7.76. The van der Waals surface area contributed by atoms with Crippen molar-refractivity contribution >= 4 is 28.5 Å². The Hall–Kier alpha value is -4.40. The molecule has 1 aliphatic rings. The number of hydrogen-bond acceptors (Lipinski definition) is 6. The highest BCUT2D eigenvalue weighted by molar-refractivity contribution is 6.03. The number of carbonyl (C=O) groups is 2. The zero-order valence-corrected chi connectivity index (χ0v) is 22.5. The minimum Gasteiger partial charge on any atom is -0.497 e. The van der Waals surface area contributed by atoms with Crippen molar-refractivity contribution in [1.29, 1.82) is 0 Å². The lowest BCUT2D eigenvalue weighted by atomic mass is 9.97. The molecule has 1 fully saturated rings. The predicted octanol–water partition coefficient (Wildman–Crippen LogP) is 4.59. The fourth-order valence-corrected chi connectivity index (χ4v) is 5.28. The van der Waals surface area contributed by atoms with Gasteiger partial charge in [0.15, 0.2) is 0 Å². The van der Waals surface area contributed by atoms with E-state index in [0.29, 0.717) is 22.7 Å². The molecule has 0 spiro atoms. The van der Waals surface area contributed by atoms with Crippen molar-refractivity contribution in [1.82, 2.24) is 20.3 Å². The van der Waals surface area contributed by atoms with Gasteiger partial charge in [-0.15, -0.1) is 5.10 Å². The Bertz CT molecular complexity index is 1480. The van der Waals surface area contributed by atoms with E-state index in [2.05, 4.69) is 15.6 Å². The number of carbonyl (C=O) groups excluding carboxylic acids is 2. The number of aromatic nitrogens is 3. The van der Waals surface area contributed by atoms with Crippen LogP contribution in [0.25, 0.3) is 11.0 Å². The van der Waals surface area contributed by atoms with Crippen molar-refractivity contribution in [2.45, 2.75) is 51.2 Å². The Morgan fingerprint density at radius 2 is 1.77 bits per heavy atom. The van der Waals surface area contributed by atoms with Crippen LogP contribution in [0, 0.1) is 6.92 Å². The lowest BCUT2D eigenvalue weighted by Gasteiger charge is -2.34. The summed E-state index contributed by atoms with van der Waals surface area (Å²) in [5.41, 5.74) is 3.52. The summed E-state index contributed by atoms with van der Waals surface area (Å²) in [5, 5.41) is 11.7. The van der Waals surface area contributed by atoms with Gasteiger partial charge in [0.2, 0.25) is 11.8 Å². The standard InChI is InChI=1S/C30H33N5O4/c1-20-10-4-7-13-23(20)29(30(37)31-21-11-5-6-12-21)35(26-17-16-22(38-2)18-27(26)39-3)28(36)19-34-25-15-9-8-14-24(25)32-33-34/h4,7-10,13-18,21,29H,5-6,11-12,19H2,1-3H3,(H,31,37)/t29-/m1/s1. The number of benzene rings is 3. The van der Waals surface area contributed by atoms with Crippen molar-refractivity contribution < 1.29 is 19.1 Å². The van der Waals surface area contributed by atoms with Crippen LogP contribution in [0.3, 0.4) is 0 Å². The molecule has 1 N–H and O–H groups in total. The monoisotopic (exact) mass is 527 g/mol. The van der Waals surface area contributed by atoms with Crippen LogP contribution in [-0.4, -0.2) is 47.1 Å². The number of para-hydroxylation sites is 1. The van der Waals surface area contributed by atoms with Gasteiger partial charge in [-0.1, -0.05) is 54.5 Å². The topological polar surface area (TPSA) is 98.6 Å². The number of fused-ring (bicyclic) bond motifs is 1. The van der Waals surface area contributed by atoms with E-state index in [4.69, 9.17) is 9.47 Å². The smallest absolute Gasteiger partial charge is 0.249 e. The summed E-state index contributed by atoms with van der Waals surface area (Å²) < 4.78 is 12.7. The lowest BCUT2D eigenvalue weighted by molar-refractivity contribution is -0.127. The summed E-state index contributed by atoms with van der Waals surface area (Å²) in [5.74, 6) is 0.432. The fourth-order valence-electron chi connectivity index (χ4n) is 5.28. The van der Waals surface area contributed by atoms with Crippen LogP contribution >= 0.6 is 0 Å². The Morgan fingerprint density at radius 1 is 1.03 bits per heavy atom. The summed E-state index contributed by atoms with van der Waals surface area (Å²) in [6.45, 7) is 1.83. The summed E-state index contributed by atoms with van der Waals surface area (Å²) in [4.78, 5) is 29.9. The minimum absolute atomic E-state index is 0.0815. The molecule has 1 atom stereocenters. The van der Waals surface area contributed by atoms with Gasteiger partial charge in [0, 0.05) is 12.1 Å². The van der Waals surface area contributed by atoms with Crippen LogP contribution in [0.15, 0.2) is 66.7 Å². The molecule has 202 valence electrons. The maximum absolute atomic E-state index is 14.3. The zero-order valence-electron chi connectivity index (χ0n) is 22.5. The molecule has 0 radical (unpaired) electrons. The van der Waals surface area contributed by atoms with Crippen LogP contribution in [0.5, 0.6) is 11.5 Å². The van der Waals surface area contributed by atoms with Crippen molar-refractivity contribution in [3.63, 3.8) is 0 Å². The molecule has 3 aromatic carbocycles. The summed E-state index contributed by atoms with van der Waals surface area (Å²) >= 11 is 0. The number of methoxy groups -OCH3 is 2. The highest BCUT2D eigenvalue weighted by atomic mass is 16.5.